The number of hydrogen-bond acceptors (Lipinski definition) is 1. The maximum absolute atomic E-state index is 6.34. The fraction of sp³-hybridized carbons (Fsp3) is 0.625. The second-order valence-electron chi connectivity index (χ2n) is 5.65. The fourth-order valence-electron chi connectivity index (χ4n) is 2.33. The molecule has 0 N–H and O–H groups in total. The molecule has 0 spiro atoms. The molecule has 1 aromatic carbocycles. The van der Waals surface area contributed by atoms with Gasteiger partial charge in [0.05, 0.1) is 0 Å². The summed E-state index contributed by atoms with van der Waals surface area (Å²) >= 11 is 0. The van der Waals surface area contributed by atoms with E-state index in [0.717, 1.165) is 0 Å². The Morgan fingerprint density at radius 2 is 1.72 bits per heavy atom. The van der Waals surface area contributed by atoms with Crippen LogP contribution in [-0.2, 0) is 4.43 Å². The van der Waals surface area contributed by atoms with Gasteiger partial charge in [-0.1, -0.05) is 62.9 Å². The summed E-state index contributed by atoms with van der Waals surface area (Å²) in [5.41, 5.74) is 0. The molecule has 1 nitrogen and oxygen atoms in total. The van der Waals surface area contributed by atoms with Gasteiger partial charge in [-0.3, -0.25) is 0 Å². The van der Waals surface area contributed by atoms with Crippen molar-refractivity contribution in [1.29, 1.82) is 0 Å². The van der Waals surface area contributed by atoms with Crippen LogP contribution in [0.3, 0.4) is 0 Å². The highest BCUT2D eigenvalue weighted by Crippen LogP contribution is 2.14. The second kappa shape index (κ2) is 7.75. The van der Waals surface area contributed by atoms with E-state index < -0.39 is 8.32 Å². The van der Waals surface area contributed by atoms with E-state index in [0.29, 0.717) is 6.10 Å². The summed E-state index contributed by atoms with van der Waals surface area (Å²) in [5.74, 6) is 0. The van der Waals surface area contributed by atoms with E-state index in [4.69, 9.17) is 4.43 Å². The molecule has 0 bridgehead atoms. The zero-order valence-corrected chi connectivity index (χ0v) is 13.4. The molecule has 0 unspecified atom stereocenters. The van der Waals surface area contributed by atoms with Crippen molar-refractivity contribution >= 4 is 13.5 Å². The topological polar surface area (TPSA) is 9.23 Å². The monoisotopic (exact) mass is 264 g/mol. The molecular weight excluding hydrogens is 236 g/mol. The number of hydrogen-bond donors (Lipinski definition) is 0. The average molecular weight is 264 g/mol. The molecule has 18 heavy (non-hydrogen) atoms. The molecule has 0 saturated heterocycles. The standard InChI is InChI=1S/C16H28OSi/c1-5-6-7-9-12-15(2)17-18(3,4)16-13-10-8-11-14-16/h8,10-11,13-15H,5-7,9,12H2,1-4H3/t15-/m1/s1. The van der Waals surface area contributed by atoms with Crippen molar-refractivity contribution in [3.63, 3.8) is 0 Å². The largest absolute Gasteiger partial charge is 0.410 e. The highest BCUT2D eigenvalue weighted by atomic mass is 28.4. The quantitative estimate of drug-likeness (QED) is 0.497. The molecule has 1 atom stereocenters. The molecule has 0 aliphatic carbocycles. The van der Waals surface area contributed by atoms with Crippen molar-refractivity contribution in [2.75, 3.05) is 0 Å². The average Bonchev–Trinajstić information content (AvgIpc) is 2.35. The van der Waals surface area contributed by atoms with Gasteiger partial charge in [0.2, 0.25) is 8.32 Å². The fourth-order valence-corrected chi connectivity index (χ4v) is 4.58. The first-order valence-electron chi connectivity index (χ1n) is 7.29. The molecule has 0 fully saturated rings. The predicted molar refractivity (Wildman–Crippen MR) is 82.9 cm³/mol. The zero-order valence-electron chi connectivity index (χ0n) is 12.4. The van der Waals surface area contributed by atoms with E-state index >= 15 is 0 Å². The number of unbranched alkanes of at least 4 members (excludes halogenated alkanes) is 3. The number of benzene rings is 1. The van der Waals surface area contributed by atoms with E-state index in [2.05, 4.69) is 57.3 Å². The van der Waals surface area contributed by atoms with Crippen LogP contribution in [0.15, 0.2) is 30.3 Å². The lowest BCUT2D eigenvalue weighted by Gasteiger charge is -2.27. The maximum Gasteiger partial charge on any atom is 0.218 e. The van der Waals surface area contributed by atoms with Gasteiger partial charge in [-0.15, -0.1) is 0 Å². The van der Waals surface area contributed by atoms with Gasteiger partial charge in [0.15, 0.2) is 0 Å². The van der Waals surface area contributed by atoms with E-state index in [1.54, 1.807) is 0 Å². The molecule has 0 heterocycles. The smallest absolute Gasteiger partial charge is 0.218 e. The van der Waals surface area contributed by atoms with Crippen molar-refractivity contribution in [2.24, 2.45) is 0 Å². The summed E-state index contributed by atoms with van der Waals surface area (Å²) in [6, 6.07) is 10.7. The van der Waals surface area contributed by atoms with Crippen molar-refractivity contribution in [2.45, 2.75) is 65.1 Å². The first-order chi connectivity index (χ1) is 8.56. The molecule has 0 amide bonds. The third-order valence-electron chi connectivity index (χ3n) is 3.43. The van der Waals surface area contributed by atoms with Crippen LogP contribution >= 0.6 is 0 Å². The molecular formula is C16H28OSi. The van der Waals surface area contributed by atoms with Crippen LogP contribution < -0.4 is 5.19 Å². The van der Waals surface area contributed by atoms with E-state index in [1.807, 2.05) is 0 Å². The summed E-state index contributed by atoms with van der Waals surface area (Å²) in [6.07, 6.45) is 6.89. The van der Waals surface area contributed by atoms with Crippen molar-refractivity contribution in [1.82, 2.24) is 0 Å². The van der Waals surface area contributed by atoms with Gasteiger partial charge in [0.1, 0.15) is 0 Å². The predicted octanol–water partition coefficient (Wildman–Crippen LogP) is 4.47. The Kier molecular flexibility index (Phi) is 6.65. The highest BCUT2D eigenvalue weighted by Gasteiger charge is 2.26. The molecule has 0 aromatic heterocycles. The third kappa shape index (κ3) is 5.36. The third-order valence-corrected chi connectivity index (χ3v) is 6.14. The Morgan fingerprint density at radius 1 is 1.06 bits per heavy atom. The zero-order chi connectivity index (χ0) is 13.4. The van der Waals surface area contributed by atoms with Crippen LogP contribution in [0.1, 0.15) is 46.0 Å². The minimum absolute atomic E-state index is 0.392. The lowest BCUT2D eigenvalue weighted by molar-refractivity contribution is 0.202. The lowest BCUT2D eigenvalue weighted by Crippen LogP contribution is -2.46. The van der Waals surface area contributed by atoms with Crippen molar-refractivity contribution < 1.29 is 4.43 Å². The first-order valence-corrected chi connectivity index (χ1v) is 10.2. The van der Waals surface area contributed by atoms with E-state index in [1.165, 1.54) is 37.3 Å². The summed E-state index contributed by atoms with van der Waals surface area (Å²) in [7, 11) is -1.71. The summed E-state index contributed by atoms with van der Waals surface area (Å²) in [6.45, 7) is 9.07. The Bertz CT molecular complexity index is 321. The van der Waals surface area contributed by atoms with Crippen LogP contribution in [0.2, 0.25) is 13.1 Å². The normalized spacial score (nSPS) is 13.6. The summed E-state index contributed by atoms with van der Waals surface area (Å²) < 4.78 is 6.34. The van der Waals surface area contributed by atoms with Gasteiger partial charge in [0, 0.05) is 6.10 Å². The van der Waals surface area contributed by atoms with Crippen molar-refractivity contribution in [3.8, 4) is 0 Å². The van der Waals surface area contributed by atoms with Crippen LogP contribution in [0, 0.1) is 0 Å². The molecule has 102 valence electrons. The van der Waals surface area contributed by atoms with Gasteiger partial charge in [0.25, 0.3) is 0 Å². The molecule has 2 heteroatoms. The highest BCUT2D eigenvalue weighted by molar-refractivity contribution is 6.84. The van der Waals surface area contributed by atoms with Crippen LogP contribution in [-0.4, -0.2) is 14.4 Å². The molecule has 0 saturated carbocycles. The minimum Gasteiger partial charge on any atom is -0.410 e. The van der Waals surface area contributed by atoms with Crippen LogP contribution in [0.25, 0.3) is 0 Å². The molecule has 1 rings (SSSR count). The molecule has 0 radical (unpaired) electrons. The maximum atomic E-state index is 6.34. The van der Waals surface area contributed by atoms with E-state index in [-0.39, 0.29) is 0 Å². The van der Waals surface area contributed by atoms with Gasteiger partial charge in [-0.2, -0.15) is 0 Å². The first kappa shape index (κ1) is 15.5. The summed E-state index contributed by atoms with van der Waals surface area (Å²) in [4.78, 5) is 0. The van der Waals surface area contributed by atoms with Crippen LogP contribution in [0.4, 0.5) is 0 Å². The van der Waals surface area contributed by atoms with Crippen LogP contribution in [0.5, 0.6) is 0 Å². The molecule has 0 aliphatic rings. The Hall–Kier alpha value is -0.603. The van der Waals surface area contributed by atoms with E-state index in [9.17, 15) is 0 Å². The molecule has 0 aliphatic heterocycles. The summed E-state index contributed by atoms with van der Waals surface area (Å²) in [5, 5.41) is 1.39. The lowest BCUT2D eigenvalue weighted by atomic mass is 10.1. The van der Waals surface area contributed by atoms with Gasteiger partial charge < -0.3 is 4.43 Å². The Morgan fingerprint density at radius 3 is 2.33 bits per heavy atom. The minimum atomic E-state index is -1.71. The van der Waals surface area contributed by atoms with Gasteiger partial charge in [-0.05, 0) is 31.6 Å². The number of rotatable bonds is 8. The second-order valence-corrected chi connectivity index (χ2v) is 9.49. The van der Waals surface area contributed by atoms with Gasteiger partial charge in [-0.25, -0.2) is 0 Å². The Labute approximate surface area is 114 Å². The molecule has 1 aromatic rings. The SMILES string of the molecule is CCCCCC[C@@H](C)O[Si](C)(C)c1ccccc1. The van der Waals surface area contributed by atoms with Gasteiger partial charge >= 0.3 is 0 Å². The van der Waals surface area contributed by atoms with Crippen molar-refractivity contribution in [3.05, 3.63) is 30.3 Å². The Balaban J connectivity index is 2.40.